The Hall–Kier alpha value is -3.00. The van der Waals surface area contributed by atoms with Gasteiger partial charge in [0.1, 0.15) is 22.9 Å². The number of ether oxygens (including phenoxy) is 2. The molecule has 12 nitrogen and oxygen atoms in total. The molecular formula is C14H12N2O10S2. The summed E-state index contributed by atoms with van der Waals surface area (Å²) < 4.78 is 59.4. The summed E-state index contributed by atoms with van der Waals surface area (Å²) in [6.07, 6.45) is 0. The molecule has 2 amide bonds. The van der Waals surface area contributed by atoms with Crippen LogP contribution in [0.3, 0.4) is 0 Å². The van der Waals surface area contributed by atoms with Crippen LogP contribution in [0.25, 0.3) is 0 Å². The molecule has 14 heteroatoms. The number of methoxy groups -OCH3 is 2. The highest BCUT2D eigenvalue weighted by Crippen LogP contribution is 2.38. The molecule has 3 rings (SSSR count). The van der Waals surface area contributed by atoms with Crippen molar-refractivity contribution in [1.29, 1.82) is 0 Å². The molecule has 0 aromatic heterocycles. The molecule has 0 radical (unpaired) electrons. The Morgan fingerprint density at radius 1 is 0.786 bits per heavy atom. The van der Waals surface area contributed by atoms with E-state index < -0.39 is 77.8 Å². The monoisotopic (exact) mass is 432 g/mol. The van der Waals surface area contributed by atoms with Crippen molar-refractivity contribution in [2.24, 2.45) is 0 Å². The van der Waals surface area contributed by atoms with Gasteiger partial charge in [-0.15, -0.1) is 0 Å². The van der Waals surface area contributed by atoms with Crippen LogP contribution >= 0.6 is 0 Å². The van der Waals surface area contributed by atoms with Crippen molar-refractivity contribution in [2.45, 2.75) is 9.79 Å². The van der Waals surface area contributed by atoms with E-state index in [-0.39, 0.29) is 8.61 Å². The molecule has 1 aromatic rings. The van der Waals surface area contributed by atoms with Gasteiger partial charge in [0.05, 0.1) is 25.3 Å². The molecule has 0 bridgehead atoms. The van der Waals surface area contributed by atoms with E-state index in [1.54, 1.807) is 0 Å². The van der Waals surface area contributed by atoms with E-state index in [0.717, 1.165) is 20.3 Å². The van der Waals surface area contributed by atoms with Crippen LogP contribution in [0, 0.1) is 0 Å². The molecule has 2 heterocycles. The van der Waals surface area contributed by atoms with Gasteiger partial charge in [-0.05, 0) is 12.1 Å². The summed E-state index contributed by atoms with van der Waals surface area (Å²) in [6, 6.07) is 1.48. The first-order valence-electron chi connectivity index (χ1n) is 7.42. The molecule has 0 aliphatic carbocycles. The topological polar surface area (TPSA) is 161 Å². The lowest BCUT2D eigenvalue weighted by Crippen LogP contribution is -2.36. The van der Waals surface area contributed by atoms with Crippen LogP contribution in [0.4, 0.5) is 0 Å². The van der Waals surface area contributed by atoms with Gasteiger partial charge >= 0.3 is 11.9 Å². The zero-order chi connectivity index (χ0) is 21.0. The zero-order valence-corrected chi connectivity index (χ0v) is 16.0. The summed E-state index contributed by atoms with van der Waals surface area (Å²) in [5.41, 5.74) is -0.933. The molecule has 0 fully saturated rings. The van der Waals surface area contributed by atoms with E-state index in [2.05, 4.69) is 9.47 Å². The Labute approximate surface area is 158 Å². The second kappa shape index (κ2) is 6.27. The van der Waals surface area contributed by atoms with Gasteiger partial charge in [-0.3, -0.25) is 19.2 Å². The van der Waals surface area contributed by atoms with Crippen molar-refractivity contribution in [2.75, 3.05) is 27.3 Å². The minimum absolute atomic E-state index is 0.224. The number of sulfonamides is 2. The molecule has 0 N–H and O–H groups in total. The Morgan fingerprint density at radius 3 is 1.46 bits per heavy atom. The number of carbonyl (C=O) groups excluding carboxylic acids is 4. The molecule has 150 valence electrons. The molecule has 28 heavy (non-hydrogen) atoms. The number of fused-ring (bicyclic) bond motifs is 2. The maximum absolute atomic E-state index is 12.6. The lowest BCUT2D eigenvalue weighted by molar-refractivity contribution is -0.141. The van der Waals surface area contributed by atoms with Crippen molar-refractivity contribution in [3.63, 3.8) is 0 Å². The highest BCUT2D eigenvalue weighted by Gasteiger charge is 2.49. The smallest absolute Gasteiger partial charge is 0.326 e. The van der Waals surface area contributed by atoms with Crippen molar-refractivity contribution >= 4 is 43.8 Å². The summed E-state index contributed by atoms with van der Waals surface area (Å²) in [5, 5.41) is 0. The molecule has 1 aromatic carbocycles. The number of hydrogen-bond acceptors (Lipinski definition) is 10. The molecule has 0 unspecified atom stereocenters. The van der Waals surface area contributed by atoms with Crippen LogP contribution in [0.2, 0.25) is 0 Å². The molecule has 0 atom stereocenters. The van der Waals surface area contributed by atoms with Crippen LogP contribution < -0.4 is 0 Å². The van der Waals surface area contributed by atoms with Crippen molar-refractivity contribution in [3.8, 4) is 0 Å². The van der Waals surface area contributed by atoms with E-state index in [9.17, 15) is 36.0 Å². The van der Waals surface area contributed by atoms with Crippen molar-refractivity contribution in [1.82, 2.24) is 8.61 Å². The van der Waals surface area contributed by atoms with Gasteiger partial charge in [-0.1, -0.05) is 0 Å². The van der Waals surface area contributed by atoms with Gasteiger partial charge in [0.15, 0.2) is 0 Å². The standard InChI is InChI=1S/C14H12N2O10S2/c1-25-11(17)5-15-13(19)7-3-8-10(4-9(7)27(15,21)22)28(23,24)16(14(8)20)6-12(18)26-2/h3-4H,5-6H2,1-2H3. The third kappa shape index (κ3) is 2.63. The Kier molecular flexibility index (Phi) is 4.42. The lowest BCUT2D eigenvalue weighted by Gasteiger charge is -2.13. The third-order valence-corrected chi connectivity index (χ3v) is 7.67. The Bertz CT molecular complexity index is 1070. The van der Waals surface area contributed by atoms with E-state index >= 15 is 0 Å². The maximum Gasteiger partial charge on any atom is 0.326 e. The average Bonchev–Trinajstić information content (AvgIpc) is 2.95. The molecule has 0 spiro atoms. The normalized spacial score (nSPS) is 18.6. The second-order valence-corrected chi connectivity index (χ2v) is 9.29. The summed E-state index contributed by atoms with van der Waals surface area (Å²) >= 11 is 0. The number of rotatable bonds is 4. The zero-order valence-electron chi connectivity index (χ0n) is 14.4. The Balaban J connectivity index is 2.14. The largest absolute Gasteiger partial charge is 0.468 e. The SMILES string of the molecule is COC(=O)CN1C(=O)c2cc3c(cc2S1(=O)=O)S(=O)(=O)N(CC(=O)OC)C3=O. The summed E-state index contributed by atoms with van der Waals surface area (Å²) in [5.74, 6) is -4.24. The highest BCUT2D eigenvalue weighted by molar-refractivity contribution is 7.91. The number of amides is 2. The van der Waals surface area contributed by atoms with Gasteiger partial charge in [-0.2, -0.15) is 0 Å². The molecule has 0 saturated heterocycles. The number of esters is 2. The van der Waals surface area contributed by atoms with Crippen molar-refractivity contribution in [3.05, 3.63) is 23.3 Å². The fraction of sp³-hybridized carbons (Fsp3) is 0.286. The highest BCUT2D eigenvalue weighted by atomic mass is 32.2. The quantitative estimate of drug-likeness (QED) is 0.502. The molecule has 2 aliphatic heterocycles. The first-order chi connectivity index (χ1) is 13.0. The summed E-state index contributed by atoms with van der Waals surface area (Å²) in [7, 11) is -7.08. The van der Waals surface area contributed by atoms with Crippen LogP contribution in [0.15, 0.2) is 21.9 Å². The molecule has 0 saturated carbocycles. The van der Waals surface area contributed by atoms with Crippen LogP contribution in [-0.2, 0) is 39.1 Å². The van der Waals surface area contributed by atoms with E-state index in [1.165, 1.54) is 0 Å². The molecule has 2 aliphatic rings. The maximum atomic E-state index is 12.6. The van der Waals surface area contributed by atoms with E-state index in [4.69, 9.17) is 0 Å². The first-order valence-corrected chi connectivity index (χ1v) is 10.3. The van der Waals surface area contributed by atoms with Crippen LogP contribution in [-0.4, -0.2) is 76.5 Å². The fourth-order valence-electron chi connectivity index (χ4n) is 2.72. The molecular weight excluding hydrogens is 420 g/mol. The van der Waals surface area contributed by atoms with Gasteiger partial charge in [0.2, 0.25) is 0 Å². The second-order valence-electron chi connectivity index (χ2n) is 5.63. The predicted molar refractivity (Wildman–Crippen MR) is 86.9 cm³/mol. The minimum atomic E-state index is -4.54. The predicted octanol–water partition coefficient (Wildman–Crippen LogP) is -1.68. The van der Waals surface area contributed by atoms with Gasteiger partial charge < -0.3 is 9.47 Å². The lowest BCUT2D eigenvalue weighted by atomic mass is 10.1. The first kappa shape index (κ1) is 19.8. The van der Waals surface area contributed by atoms with E-state index in [0.29, 0.717) is 6.07 Å². The number of benzene rings is 1. The summed E-state index contributed by atoms with van der Waals surface area (Å²) in [6.45, 7) is -1.82. The third-order valence-electron chi connectivity index (χ3n) is 4.13. The average molecular weight is 432 g/mol. The number of nitrogens with zero attached hydrogens (tertiary/aromatic N) is 2. The number of carbonyl (C=O) groups is 4. The fourth-order valence-corrected chi connectivity index (χ4v) is 5.84. The Morgan fingerprint density at radius 2 is 1.14 bits per heavy atom. The van der Waals surface area contributed by atoms with Crippen LogP contribution in [0.5, 0.6) is 0 Å². The van der Waals surface area contributed by atoms with E-state index in [1.807, 2.05) is 0 Å². The number of hydrogen-bond donors (Lipinski definition) is 0. The van der Waals surface area contributed by atoms with Gasteiger partial charge in [-0.25, -0.2) is 25.4 Å². The van der Waals surface area contributed by atoms with Crippen LogP contribution in [0.1, 0.15) is 20.7 Å². The minimum Gasteiger partial charge on any atom is -0.468 e. The van der Waals surface area contributed by atoms with Gasteiger partial charge in [0.25, 0.3) is 31.9 Å². The summed E-state index contributed by atoms with van der Waals surface area (Å²) in [4.78, 5) is 46.3. The van der Waals surface area contributed by atoms with Gasteiger partial charge in [0, 0.05) is 0 Å². The van der Waals surface area contributed by atoms with Crippen molar-refractivity contribution < 1.29 is 45.5 Å².